The lowest BCUT2D eigenvalue weighted by molar-refractivity contribution is -0.384. The van der Waals surface area contributed by atoms with Crippen molar-refractivity contribution in [1.82, 2.24) is 5.32 Å². The molecule has 8 nitrogen and oxygen atoms in total. The monoisotopic (exact) mass is 294 g/mol. The molecule has 0 bridgehead atoms. The van der Waals surface area contributed by atoms with Gasteiger partial charge in [-0.3, -0.25) is 19.7 Å². The second-order valence-corrected chi connectivity index (χ2v) is 4.51. The van der Waals surface area contributed by atoms with E-state index in [1.165, 1.54) is 25.1 Å². The maximum absolute atomic E-state index is 11.9. The number of carbonyl (C=O) groups excluding carboxylic acids is 2. The molecule has 1 unspecified atom stereocenters. The summed E-state index contributed by atoms with van der Waals surface area (Å²) in [5, 5.41) is 16.3. The third-order valence-electron chi connectivity index (χ3n) is 2.80. The van der Waals surface area contributed by atoms with Gasteiger partial charge in [0.25, 0.3) is 11.6 Å². The molecule has 0 fully saturated rings. The minimum absolute atomic E-state index is 0.0943. The number of hydrogen-bond donors (Lipinski definition) is 3. The van der Waals surface area contributed by atoms with E-state index in [-0.39, 0.29) is 11.3 Å². The summed E-state index contributed by atoms with van der Waals surface area (Å²) in [7, 11) is 0. The van der Waals surface area contributed by atoms with Crippen molar-refractivity contribution in [2.45, 2.75) is 26.3 Å². The minimum atomic E-state index is -0.852. The van der Waals surface area contributed by atoms with E-state index >= 15 is 0 Å². The molecule has 0 saturated carbocycles. The Morgan fingerprint density at radius 3 is 2.62 bits per heavy atom. The molecule has 8 heteroatoms. The summed E-state index contributed by atoms with van der Waals surface area (Å²) in [5.74, 6) is -1.27. The molecule has 0 radical (unpaired) electrons. The molecular formula is C13H18N4O4. The van der Waals surface area contributed by atoms with Crippen LogP contribution in [0.5, 0.6) is 0 Å². The molecule has 0 aliphatic heterocycles. The van der Waals surface area contributed by atoms with Gasteiger partial charge in [0.15, 0.2) is 0 Å². The summed E-state index contributed by atoms with van der Waals surface area (Å²) in [6.45, 7) is 3.96. The minimum Gasteiger partial charge on any atom is -0.380 e. The van der Waals surface area contributed by atoms with Gasteiger partial charge < -0.3 is 16.4 Å². The Balaban J connectivity index is 2.99. The number of amides is 2. The molecule has 0 saturated heterocycles. The molecule has 2 amide bonds. The van der Waals surface area contributed by atoms with E-state index in [4.69, 9.17) is 5.73 Å². The number of nitro groups is 1. The Labute approximate surface area is 121 Å². The number of nitrogens with one attached hydrogen (secondary N) is 2. The van der Waals surface area contributed by atoms with E-state index in [1.807, 2.05) is 6.92 Å². The normalized spacial score (nSPS) is 11.5. The van der Waals surface area contributed by atoms with Gasteiger partial charge in [-0.2, -0.15) is 0 Å². The molecule has 1 rings (SSSR count). The fraction of sp³-hybridized carbons (Fsp3) is 0.385. The highest BCUT2D eigenvalue weighted by Crippen LogP contribution is 2.25. The molecule has 114 valence electrons. The summed E-state index contributed by atoms with van der Waals surface area (Å²) in [6.07, 6.45) is 0.815. The lowest BCUT2D eigenvalue weighted by Gasteiger charge is -2.11. The number of carbonyl (C=O) groups is 2. The molecule has 1 aromatic rings. The molecule has 21 heavy (non-hydrogen) atoms. The van der Waals surface area contributed by atoms with Crippen LogP contribution in [0.2, 0.25) is 0 Å². The number of primary amides is 1. The molecule has 0 spiro atoms. The van der Waals surface area contributed by atoms with E-state index < -0.39 is 22.8 Å². The molecule has 0 aliphatic rings. The molecule has 4 N–H and O–H groups in total. The Kier molecular flexibility index (Phi) is 5.65. The van der Waals surface area contributed by atoms with Gasteiger partial charge in [0, 0.05) is 18.2 Å². The van der Waals surface area contributed by atoms with Gasteiger partial charge in [-0.25, -0.2) is 0 Å². The van der Waals surface area contributed by atoms with Crippen LogP contribution < -0.4 is 16.4 Å². The van der Waals surface area contributed by atoms with Crippen LogP contribution in [0, 0.1) is 10.1 Å². The highest BCUT2D eigenvalue weighted by Gasteiger charge is 2.19. The third-order valence-corrected chi connectivity index (χ3v) is 2.80. The Bertz CT molecular complexity index is 559. The van der Waals surface area contributed by atoms with Gasteiger partial charge in [-0.1, -0.05) is 6.92 Å². The first-order chi connectivity index (χ1) is 9.86. The zero-order chi connectivity index (χ0) is 16.0. The lowest BCUT2D eigenvalue weighted by Crippen LogP contribution is -2.42. The fourth-order valence-corrected chi connectivity index (χ4v) is 1.58. The van der Waals surface area contributed by atoms with E-state index in [0.717, 1.165) is 6.42 Å². The number of nitrogens with zero attached hydrogens (tertiary/aromatic N) is 1. The summed E-state index contributed by atoms with van der Waals surface area (Å²) in [6, 6.07) is 3.24. The van der Waals surface area contributed by atoms with Crippen LogP contribution in [0.3, 0.4) is 0 Å². The van der Waals surface area contributed by atoms with E-state index in [1.54, 1.807) is 0 Å². The summed E-state index contributed by atoms with van der Waals surface area (Å²) in [4.78, 5) is 33.3. The van der Waals surface area contributed by atoms with Gasteiger partial charge in [-0.15, -0.1) is 0 Å². The van der Waals surface area contributed by atoms with Crippen molar-refractivity contribution < 1.29 is 14.5 Å². The standard InChI is InChI=1S/C13H18N4O4/c1-3-6-15-10-5-4-9(7-11(10)17(20)21)13(19)16-8(2)12(14)18/h4-5,7-8,15H,3,6H2,1-2H3,(H2,14,18)(H,16,19). The first-order valence-electron chi connectivity index (χ1n) is 6.49. The smallest absolute Gasteiger partial charge is 0.293 e. The largest absolute Gasteiger partial charge is 0.380 e. The Morgan fingerprint density at radius 2 is 2.10 bits per heavy atom. The molecule has 0 heterocycles. The summed E-state index contributed by atoms with van der Waals surface area (Å²) < 4.78 is 0. The highest BCUT2D eigenvalue weighted by atomic mass is 16.6. The van der Waals surface area contributed by atoms with Crippen LogP contribution in [0.15, 0.2) is 18.2 Å². The van der Waals surface area contributed by atoms with Crippen molar-refractivity contribution >= 4 is 23.2 Å². The topological polar surface area (TPSA) is 127 Å². The van der Waals surface area contributed by atoms with Crippen molar-refractivity contribution in [2.24, 2.45) is 5.73 Å². The first-order valence-corrected chi connectivity index (χ1v) is 6.49. The third kappa shape index (κ3) is 4.44. The van der Waals surface area contributed by atoms with Gasteiger partial charge in [0.2, 0.25) is 5.91 Å². The highest BCUT2D eigenvalue weighted by molar-refractivity contribution is 5.98. The number of benzene rings is 1. The molecule has 0 aromatic heterocycles. The van der Waals surface area contributed by atoms with E-state index in [9.17, 15) is 19.7 Å². The van der Waals surface area contributed by atoms with Crippen LogP contribution in [-0.2, 0) is 4.79 Å². The summed E-state index contributed by atoms with van der Waals surface area (Å²) >= 11 is 0. The Hall–Kier alpha value is -2.64. The zero-order valence-corrected chi connectivity index (χ0v) is 11.9. The van der Waals surface area contributed by atoms with Gasteiger partial charge in [0.1, 0.15) is 11.7 Å². The average molecular weight is 294 g/mol. The number of nitro benzene ring substituents is 1. The van der Waals surface area contributed by atoms with Crippen molar-refractivity contribution in [3.63, 3.8) is 0 Å². The maximum atomic E-state index is 11.9. The van der Waals surface area contributed by atoms with Crippen molar-refractivity contribution in [3.05, 3.63) is 33.9 Å². The second-order valence-electron chi connectivity index (χ2n) is 4.51. The van der Waals surface area contributed by atoms with Crippen LogP contribution in [0.4, 0.5) is 11.4 Å². The van der Waals surface area contributed by atoms with Crippen LogP contribution in [0.1, 0.15) is 30.6 Å². The molecule has 1 atom stereocenters. The Morgan fingerprint density at radius 1 is 1.43 bits per heavy atom. The quantitative estimate of drug-likeness (QED) is 0.511. The van der Waals surface area contributed by atoms with E-state index in [0.29, 0.717) is 12.2 Å². The average Bonchev–Trinajstić information content (AvgIpc) is 2.44. The number of anilines is 1. The van der Waals surface area contributed by atoms with Gasteiger partial charge >= 0.3 is 0 Å². The summed E-state index contributed by atoms with van der Waals surface area (Å²) in [5.41, 5.74) is 5.30. The van der Waals surface area contributed by atoms with Gasteiger partial charge in [0.05, 0.1) is 4.92 Å². The van der Waals surface area contributed by atoms with Crippen molar-refractivity contribution in [3.8, 4) is 0 Å². The van der Waals surface area contributed by atoms with Crippen molar-refractivity contribution in [1.29, 1.82) is 0 Å². The predicted molar refractivity (Wildman–Crippen MR) is 78.0 cm³/mol. The van der Waals surface area contributed by atoms with Crippen LogP contribution in [0.25, 0.3) is 0 Å². The zero-order valence-electron chi connectivity index (χ0n) is 11.9. The van der Waals surface area contributed by atoms with Gasteiger partial charge in [-0.05, 0) is 25.5 Å². The van der Waals surface area contributed by atoms with Crippen LogP contribution in [-0.4, -0.2) is 29.3 Å². The SMILES string of the molecule is CCCNc1ccc(C(=O)NC(C)C(N)=O)cc1[N+](=O)[O-]. The van der Waals surface area contributed by atoms with Crippen molar-refractivity contribution in [2.75, 3.05) is 11.9 Å². The maximum Gasteiger partial charge on any atom is 0.293 e. The molecule has 1 aromatic carbocycles. The number of nitrogens with two attached hydrogens (primary N) is 1. The van der Waals surface area contributed by atoms with E-state index in [2.05, 4.69) is 10.6 Å². The fourth-order valence-electron chi connectivity index (χ4n) is 1.58. The lowest BCUT2D eigenvalue weighted by atomic mass is 10.1. The first kappa shape index (κ1) is 16.4. The molecule has 0 aliphatic carbocycles. The predicted octanol–water partition coefficient (Wildman–Crippen LogP) is 1.02. The molecular weight excluding hydrogens is 276 g/mol. The second kappa shape index (κ2) is 7.22. The number of rotatable bonds is 7. The van der Waals surface area contributed by atoms with Crippen LogP contribution >= 0.6 is 0 Å². The number of hydrogen-bond acceptors (Lipinski definition) is 5.